The highest BCUT2D eigenvalue weighted by Gasteiger charge is 2.19. The van der Waals surface area contributed by atoms with Crippen LogP contribution in [0.25, 0.3) is 27.8 Å². The van der Waals surface area contributed by atoms with Crippen molar-refractivity contribution in [2.45, 2.75) is 47.2 Å². The van der Waals surface area contributed by atoms with Crippen molar-refractivity contribution in [1.82, 2.24) is 29.4 Å². The van der Waals surface area contributed by atoms with Gasteiger partial charge in [-0.1, -0.05) is 0 Å². The fraction of sp³-hybridized carbons (Fsp3) is 0.241. The number of hydrogen-bond acceptors (Lipinski definition) is 4. The minimum Gasteiger partial charge on any atom is -0.348 e. The highest BCUT2D eigenvalue weighted by atomic mass is 16.1. The molecule has 0 radical (unpaired) electrons. The van der Waals surface area contributed by atoms with Crippen LogP contribution in [-0.4, -0.2) is 30.0 Å². The first kappa shape index (κ1) is 24.2. The lowest BCUT2D eigenvalue weighted by atomic mass is 9.98. The first-order valence-electron chi connectivity index (χ1n) is 12.3. The molecule has 0 fully saturated rings. The van der Waals surface area contributed by atoms with Crippen molar-refractivity contribution in [1.29, 1.82) is 0 Å². The summed E-state index contributed by atoms with van der Waals surface area (Å²) in [7, 11) is 0. The van der Waals surface area contributed by atoms with Gasteiger partial charge in [-0.25, -0.2) is 9.97 Å². The number of aromatic amines is 1. The zero-order valence-corrected chi connectivity index (χ0v) is 21.7. The molecule has 0 atom stereocenters. The lowest BCUT2D eigenvalue weighted by Crippen LogP contribution is -2.28. The number of carbonyl (C=O) groups is 1. The van der Waals surface area contributed by atoms with Gasteiger partial charge in [0.1, 0.15) is 12.1 Å². The van der Waals surface area contributed by atoms with E-state index >= 15 is 0 Å². The number of aryl methyl sites for hydroxylation is 3. The number of nitrogens with zero attached hydrogens (tertiary/aromatic N) is 4. The van der Waals surface area contributed by atoms with Gasteiger partial charge in [-0.2, -0.15) is 0 Å². The van der Waals surface area contributed by atoms with Crippen molar-refractivity contribution in [2.24, 2.45) is 0 Å². The number of fused-ring (bicyclic) bond motifs is 1. The van der Waals surface area contributed by atoms with E-state index in [9.17, 15) is 9.59 Å². The number of benzene rings is 1. The molecule has 8 nitrogen and oxygen atoms in total. The van der Waals surface area contributed by atoms with Crippen molar-refractivity contribution >= 4 is 16.8 Å². The predicted octanol–water partition coefficient (Wildman–Crippen LogP) is 5.01. The molecule has 4 heterocycles. The van der Waals surface area contributed by atoms with Crippen LogP contribution in [-0.2, 0) is 6.54 Å². The van der Waals surface area contributed by atoms with Crippen molar-refractivity contribution in [3.05, 3.63) is 99.7 Å². The average Bonchev–Trinajstić information content (AvgIpc) is 3.51. The Balaban J connectivity index is 1.57. The average molecular weight is 495 g/mol. The minimum absolute atomic E-state index is 0.150. The van der Waals surface area contributed by atoms with Crippen LogP contribution in [0.3, 0.4) is 0 Å². The highest BCUT2D eigenvalue weighted by Crippen LogP contribution is 2.33. The molecule has 37 heavy (non-hydrogen) atoms. The molecule has 0 aliphatic rings. The van der Waals surface area contributed by atoms with E-state index in [1.165, 1.54) is 0 Å². The maximum Gasteiger partial charge on any atom is 0.253 e. The molecule has 0 unspecified atom stereocenters. The second-order valence-electron chi connectivity index (χ2n) is 9.73. The first-order chi connectivity index (χ1) is 17.7. The molecular formula is C29H30N6O2. The SMILES string of the molecule is Cc1cc(C)c(CNC(=O)c2cc(-c3ccc(-n4ccnc4)nc3)cc3c2c(C)cn3C(C)C)c(=O)[nH]1. The Kier molecular flexibility index (Phi) is 6.25. The summed E-state index contributed by atoms with van der Waals surface area (Å²) in [5.41, 5.74) is 6.41. The van der Waals surface area contributed by atoms with Gasteiger partial charge in [0, 0.05) is 70.7 Å². The van der Waals surface area contributed by atoms with Gasteiger partial charge in [-0.3, -0.25) is 14.2 Å². The Morgan fingerprint density at radius 1 is 1.08 bits per heavy atom. The molecule has 0 saturated carbocycles. The van der Waals surface area contributed by atoms with Gasteiger partial charge in [-0.05, 0) is 81.6 Å². The molecule has 4 aromatic heterocycles. The van der Waals surface area contributed by atoms with Crippen LogP contribution in [0.4, 0.5) is 0 Å². The number of rotatable bonds is 6. The van der Waals surface area contributed by atoms with Gasteiger partial charge in [0.05, 0.1) is 0 Å². The molecule has 0 bridgehead atoms. The van der Waals surface area contributed by atoms with E-state index in [0.29, 0.717) is 11.1 Å². The summed E-state index contributed by atoms with van der Waals surface area (Å²) in [6, 6.07) is 10.1. The summed E-state index contributed by atoms with van der Waals surface area (Å²) in [4.78, 5) is 37.6. The van der Waals surface area contributed by atoms with Gasteiger partial charge in [0.15, 0.2) is 0 Å². The van der Waals surface area contributed by atoms with E-state index in [2.05, 4.69) is 50.9 Å². The summed E-state index contributed by atoms with van der Waals surface area (Å²) < 4.78 is 4.03. The standard InChI is InChI=1S/C29H30N6O2/c1-17(2)35-15-19(4)27-23(28(36)32-14-24-18(3)10-20(5)33-29(24)37)11-22(12-25(27)35)21-6-7-26(31-13-21)34-9-8-30-16-34/h6-13,15-17H,14H2,1-5H3,(H,32,36)(H,33,37). The third-order valence-electron chi connectivity index (χ3n) is 6.69. The van der Waals surface area contributed by atoms with E-state index in [1.54, 1.807) is 12.5 Å². The Morgan fingerprint density at radius 3 is 2.54 bits per heavy atom. The van der Waals surface area contributed by atoms with Crippen molar-refractivity contribution in [3.63, 3.8) is 0 Å². The number of pyridine rings is 2. The second kappa shape index (κ2) is 9.54. The molecular weight excluding hydrogens is 464 g/mol. The maximum absolute atomic E-state index is 13.6. The summed E-state index contributed by atoms with van der Waals surface area (Å²) in [5.74, 6) is 0.541. The quantitative estimate of drug-likeness (QED) is 0.347. The normalized spacial score (nSPS) is 11.4. The molecule has 1 amide bonds. The topological polar surface area (TPSA) is 97.6 Å². The summed E-state index contributed by atoms with van der Waals surface area (Å²) >= 11 is 0. The maximum atomic E-state index is 13.6. The molecule has 2 N–H and O–H groups in total. The number of carbonyl (C=O) groups excluding carboxylic acids is 1. The van der Waals surface area contributed by atoms with Crippen LogP contribution in [0.1, 0.15) is 52.6 Å². The third kappa shape index (κ3) is 4.58. The number of amides is 1. The summed E-state index contributed by atoms with van der Waals surface area (Å²) in [6.45, 7) is 10.2. The van der Waals surface area contributed by atoms with Gasteiger partial charge in [0.2, 0.25) is 0 Å². The van der Waals surface area contributed by atoms with Crippen LogP contribution < -0.4 is 10.9 Å². The molecule has 0 spiro atoms. The molecule has 5 rings (SSSR count). The third-order valence-corrected chi connectivity index (χ3v) is 6.69. The minimum atomic E-state index is -0.223. The number of hydrogen-bond donors (Lipinski definition) is 2. The Morgan fingerprint density at radius 2 is 1.89 bits per heavy atom. The van der Waals surface area contributed by atoms with Crippen molar-refractivity contribution < 1.29 is 4.79 Å². The van der Waals surface area contributed by atoms with Gasteiger partial charge in [0.25, 0.3) is 11.5 Å². The first-order valence-corrected chi connectivity index (χ1v) is 12.3. The van der Waals surface area contributed by atoms with Crippen LogP contribution in [0.2, 0.25) is 0 Å². The van der Waals surface area contributed by atoms with Gasteiger partial charge >= 0.3 is 0 Å². The van der Waals surface area contributed by atoms with Crippen LogP contribution in [0.15, 0.2) is 66.2 Å². The molecule has 1 aromatic carbocycles. The molecule has 0 aliphatic carbocycles. The molecule has 0 saturated heterocycles. The van der Waals surface area contributed by atoms with E-state index in [-0.39, 0.29) is 24.1 Å². The summed E-state index contributed by atoms with van der Waals surface area (Å²) in [5, 5.41) is 3.90. The smallest absolute Gasteiger partial charge is 0.253 e. The molecule has 188 valence electrons. The Bertz CT molecular complexity index is 1660. The second-order valence-corrected chi connectivity index (χ2v) is 9.73. The Hall–Kier alpha value is -4.46. The lowest BCUT2D eigenvalue weighted by Gasteiger charge is -2.14. The van der Waals surface area contributed by atoms with Crippen LogP contribution in [0, 0.1) is 20.8 Å². The number of nitrogens with one attached hydrogen (secondary N) is 2. The fourth-order valence-corrected chi connectivity index (χ4v) is 4.83. The monoisotopic (exact) mass is 494 g/mol. The molecule has 5 aromatic rings. The fourth-order valence-electron chi connectivity index (χ4n) is 4.83. The highest BCUT2D eigenvalue weighted by molar-refractivity contribution is 6.09. The van der Waals surface area contributed by atoms with Crippen LogP contribution >= 0.6 is 0 Å². The van der Waals surface area contributed by atoms with E-state index < -0.39 is 0 Å². The lowest BCUT2D eigenvalue weighted by molar-refractivity contribution is 0.0952. The largest absolute Gasteiger partial charge is 0.348 e. The molecule has 0 aliphatic heterocycles. The zero-order valence-electron chi connectivity index (χ0n) is 21.7. The van der Waals surface area contributed by atoms with Crippen LogP contribution in [0.5, 0.6) is 0 Å². The predicted molar refractivity (Wildman–Crippen MR) is 145 cm³/mol. The molecule has 8 heteroatoms. The number of aromatic nitrogens is 5. The van der Waals surface area contributed by atoms with Gasteiger partial charge < -0.3 is 14.9 Å². The zero-order chi connectivity index (χ0) is 26.3. The van der Waals surface area contributed by atoms with E-state index in [1.807, 2.05) is 62.0 Å². The van der Waals surface area contributed by atoms with Crippen molar-refractivity contribution in [3.8, 4) is 16.9 Å². The number of imidazole rings is 1. The summed E-state index contributed by atoms with van der Waals surface area (Å²) in [6.07, 6.45) is 9.15. The van der Waals surface area contributed by atoms with Gasteiger partial charge in [-0.15, -0.1) is 0 Å². The van der Waals surface area contributed by atoms with Crippen molar-refractivity contribution in [2.75, 3.05) is 0 Å². The Labute approximate surface area is 215 Å². The van der Waals surface area contributed by atoms with E-state index in [4.69, 9.17) is 0 Å². The number of H-pyrrole nitrogens is 1. The van der Waals surface area contributed by atoms with E-state index in [0.717, 1.165) is 44.7 Å².